The zero-order chi connectivity index (χ0) is 12.1. The van der Waals surface area contributed by atoms with Crippen LogP contribution in [0.2, 0.25) is 5.15 Å². The highest BCUT2D eigenvalue weighted by molar-refractivity contribution is 6.29. The lowest BCUT2D eigenvalue weighted by molar-refractivity contribution is 0.527. The highest BCUT2D eigenvalue weighted by atomic mass is 35.5. The van der Waals surface area contributed by atoms with E-state index in [0.29, 0.717) is 16.9 Å². The second-order valence-electron chi connectivity index (χ2n) is 4.63. The normalized spacial score (nSPS) is 12.8. The van der Waals surface area contributed by atoms with Crippen LogP contribution in [0.1, 0.15) is 33.6 Å². The fourth-order valence-electron chi connectivity index (χ4n) is 1.50. The van der Waals surface area contributed by atoms with Gasteiger partial charge in [0.25, 0.3) is 0 Å². The molecule has 1 unspecified atom stereocenters. The Morgan fingerprint density at radius 2 is 2.00 bits per heavy atom. The number of pyridine rings is 1. The molecule has 0 radical (unpaired) electrons. The first-order valence-electron chi connectivity index (χ1n) is 5.67. The van der Waals surface area contributed by atoms with E-state index in [1.54, 1.807) is 12.1 Å². The number of aromatic nitrogens is 1. The van der Waals surface area contributed by atoms with Crippen molar-refractivity contribution in [1.29, 1.82) is 0 Å². The first-order valence-corrected chi connectivity index (χ1v) is 6.04. The van der Waals surface area contributed by atoms with Crippen LogP contribution in [0.15, 0.2) is 12.1 Å². The zero-order valence-electron chi connectivity index (χ0n) is 10.1. The number of nitrogens with one attached hydrogen (secondary N) is 1. The van der Waals surface area contributed by atoms with Gasteiger partial charge in [-0.25, -0.2) is 4.98 Å². The lowest BCUT2D eigenvalue weighted by Crippen LogP contribution is -2.16. The van der Waals surface area contributed by atoms with E-state index in [2.05, 4.69) is 31.1 Å². The number of hydrogen-bond donors (Lipinski definition) is 2. The molecule has 3 nitrogen and oxygen atoms in total. The molecule has 90 valence electrons. The lowest BCUT2D eigenvalue weighted by Gasteiger charge is -2.16. The van der Waals surface area contributed by atoms with E-state index in [4.69, 9.17) is 17.3 Å². The van der Waals surface area contributed by atoms with Crippen LogP contribution >= 0.6 is 11.6 Å². The van der Waals surface area contributed by atoms with Crippen LogP contribution in [0.3, 0.4) is 0 Å². The number of nitrogen functional groups attached to an aromatic ring is 1. The van der Waals surface area contributed by atoms with Crippen molar-refractivity contribution in [2.45, 2.75) is 39.7 Å². The van der Waals surface area contributed by atoms with E-state index in [1.807, 2.05) is 0 Å². The molecule has 0 spiro atoms. The summed E-state index contributed by atoms with van der Waals surface area (Å²) in [6.45, 7) is 6.59. The van der Waals surface area contributed by atoms with Crippen molar-refractivity contribution in [1.82, 2.24) is 4.98 Å². The minimum atomic E-state index is 0.382. The fraction of sp³-hybridized carbons (Fsp3) is 0.583. The molecule has 0 fully saturated rings. The summed E-state index contributed by atoms with van der Waals surface area (Å²) < 4.78 is 0. The van der Waals surface area contributed by atoms with Crippen LogP contribution in [0, 0.1) is 5.92 Å². The lowest BCUT2D eigenvalue weighted by atomic mass is 10.0. The second-order valence-corrected chi connectivity index (χ2v) is 5.01. The van der Waals surface area contributed by atoms with Crippen LogP contribution in [0.4, 0.5) is 11.5 Å². The maximum atomic E-state index is 5.83. The van der Waals surface area contributed by atoms with Crippen molar-refractivity contribution in [2.75, 3.05) is 11.1 Å². The van der Waals surface area contributed by atoms with Gasteiger partial charge >= 0.3 is 0 Å². The predicted octanol–water partition coefficient (Wildman–Crippen LogP) is 3.55. The molecule has 1 rings (SSSR count). The average Bonchev–Trinajstić information content (AvgIpc) is 2.12. The molecule has 1 heterocycles. The molecule has 0 aromatic carbocycles. The Balaban J connectivity index is 2.52. The number of nitrogens with zero attached hydrogens (tertiary/aromatic N) is 1. The Hall–Kier alpha value is -0.960. The number of rotatable bonds is 5. The molecule has 0 amide bonds. The van der Waals surface area contributed by atoms with Gasteiger partial charge in [-0.1, -0.05) is 25.4 Å². The van der Waals surface area contributed by atoms with Crippen LogP contribution in [0.25, 0.3) is 0 Å². The number of hydrogen-bond acceptors (Lipinski definition) is 3. The molecule has 0 aliphatic carbocycles. The topological polar surface area (TPSA) is 50.9 Å². The summed E-state index contributed by atoms with van der Waals surface area (Å²) in [7, 11) is 0. The predicted molar refractivity (Wildman–Crippen MR) is 70.8 cm³/mol. The molecule has 0 bridgehead atoms. The summed E-state index contributed by atoms with van der Waals surface area (Å²) in [6, 6.07) is 3.83. The number of anilines is 2. The molecule has 3 N–H and O–H groups in total. The molecule has 1 atom stereocenters. The van der Waals surface area contributed by atoms with Gasteiger partial charge in [0.15, 0.2) is 0 Å². The summed E-state index contributed by atoms with van der Waals surface area (Å²) in [4.78, 5) is 4.18. The Kier molecular flexibility index (Phi) is 4.87. The summed E-state index contributed by atoms with van der Waals surface area (Å²) in [6.07, 6.45) is 2.32. The molecule has 4 heteroatoms. The molecule has 0 aliphatic heterocycles. The van der Waals surface area contributed by atoms with E-state index in [0.717, 1.165) is 18.2 Å². The smallest absolute Gasteiger partial charge is 0.133 e. The highest BCUT2D eigenvalue weighted by Gasteiger charge is 2.05. The summed E-state index contributed by atoms with van der Waals surface area (Å²) in [5, 5.41) is 3.73. The highest BCUT2D eigenvalue weighted by Crippen LogP contribution is 2.17. The van der Waals surface area contributed by atoms with Crippen molar-refractivity contribution >= 4 is 23.1 Å². The van der Waals surface area contributed by atoms with Gasteiger partial charge < -0.3 is 11.1 Å². The van der Waals surface area contributed by atoms with E-state index in [9.17, 15) is 0 Å². The van der Waals surface area contributed by atoms with E-state index in [-0.39, 0.29) is 0 Å². The van der Waals surface area contributed by atoms with Gasteiger partial charge in [-0.05, 0) is 31.7 Å². The van der Waals surface area contributed by atoms with Crippen molar-refractivity contribution in [3.8, 4) is 0 Å². The van der Waals surface area contributed by atoms with Crippen LogP contribution in [-0.4, -0.2) is 11.0 Å². The molecular formula is C12H20ClN3. The molecule has 16 heavy (non-hydrogen) atoms. The molecule has 0 aliphatic rings. The van der Waals surface area contributed by atoms with Crippen LogP contribution in [-0.2, 0) is 0 Å². The average molecular weight is 242 g/mol. The van der Waals surface area contributed by atoms with Gasteiger partial charge in [-0.2, -0.15) is 0 Å². The van der Waals surface area contributed by atoms with Gasteiger partial charge in [0.1, 0.15) is 11.0 Å². The first-order chi connectivity index (χ1) is 7.47. The molecular weight excluding hydrogens is 222 g/mol. The Labute approximate surface area is 102 Å². The minimum absolute atomic E-state index is 0.382. The standard InChI is InChI=1S/C12H20ClN3/c1-8(2)4-5-9(3)15-12-7-10(14)6-11(13)16-12/h6-9H,4-5H2,1-3H3,(H3,14,15,16). The molecule has 0 saturated carbocycles. The molecule has 0 saturated heterocycles. The van der Waals surface area contributed by atoms with Gasteiger partial charge in [-0.3, -0.25) is 0 Å². The van der Waals surface area contributed by atoms with Crippen LogP contribution < -0.4 is 11.1 Å². The third kappa shape index (κ3) is 4.71. The monoisotopic (exact) mass is 241 g/mol. The Bertz CT molecular complexity index is 319. The third-order valence-corrected chi connectivity index (χ3v) is 2.58. The van der Waals surface area contributed by atoms with E-state index >= 15 is 0 Å². The third-order valence-electron chi connectivity index (χ3n) is 2.39. The molecule has 1 aromatic rings. The van der Waals surface area contributed by atoms with Crippen molar-refractivity contribution in [2.24, 2.45) is 5.92 Å². The Morgan fingerprint density at radius 1 is 1.31 bits per heavy atom. The van der Waals surface area contributed by atoms with Gasteiger partial charge in [0.2, 0.25) is 0 Å². The largest absolute Gasteiger partial charge is 0.399 e. The van der Waals surface area contributed by atoms with Gasteiger partial charge in [0, 0.05) is 17.8 Å². The van der Waals surface area contributed by atoms with Gasteiger partial charge in [0.05, 0.1) is 0 Å². The fourth-order valence-corrected chi connectivity index (χ4v) is 1.72. The van der Waals surface area contributed by atoms with Crippen molar-refractivity contribution < 1.29 is 0 Å². The summed E-state index contributed by atoms with van der Waals surface area (Å²) >= 11 is 5.83. The van der Waals surface area contributed by atoms with E-state index < -0.39 is 0 Å². The van der Waals surface area contributed by atoms with Gasteiger partial charge in [-0.15, -0.1) is 0 Å². The zero-order valence-corrected chi connectivity index (χ0v) is 10.9. The summed E-state index contributed by atoms with van der Waals surface area (Å²) in [5.41, 5.74) is 6.33. The van der Waals surface area contributed by atoms with Crippen molar-refractivity contribution in [3.63, 3.8) is 0 Å². The minimum Gasteiger partial charge on any atom is -0.399 e. The molecule has 1 aromatic heterocycles. The number of halogens is 1. The quantitative estimate of drug-likeness (QED) is 0.775. The first kappa shape index (κ1) is 13.1. The summed E-state index contributed by atoms with van der Waals surface area (Å²) in [5.74, 6) is 1.47. The Morgan fingerprint density at radius 3 is 2.56 bits per heavy atom. The van der Waals surface area contributed by atoms with Crippen LogP contribution in [0.5, 0.6) is 0 Å². The maximum absolute atomic E-state index is 5.83. The number of nitrogens with two attached hydrogens (primary N) is 1. The maximum Gasteiger partial charge on any atom is 0.133 e. The second kappa shape index (κ2) is 5.94. The van der Waals surface area contributed by atoms with E-state index in [1.165, 1.54) is 6.42 Å². The van der Waals surface area contributed by atoms with Crippen molar-refractivity contribution in [3.05, 3.63) is 17.3 Å². The SMILES string of the molecule is CC(C)CCC(C)Nc1cc(N)cc(Cl)n1.